The molecule has 0 spiro atoms. The number of hydrogen-bond acceptors (Lipinski definition) is 0. The number of rotatable bonds is 0. The smallest absolute Gasteiger partial charge is 0.358 e. The summed E-state index contributed by atoms with van der Waals surface area (Å²) in [4.78, 5) is 0. The molecule has 1 aliphatic carbocycles. The standard InChI is InChI=1S/C5H5.CH3.Ru/c1-2-4-5-3-1;;/h1-3H,4H2;1H3;/q2*-1;+2. The van der Waals surface area contributed by atoms with Crippen LogP contribution in [0.25, 0.3) is 0 Å². The van der Waals surface area contributed by atoms with Crippen LogP contribution in [0.2, 0.25) is 0 Å². The van der Waals surface area contributed by atoms with Crippen LogP contribution in [0.1, 0.15) is 6.42 Å². The Hall–Kier alpha value is 0.103. The minimum Gasteiger partial charge on any atom is -0.358 e. The fourth-order valence-electron chi connectivity index (χ4n) is 0.340. The maximum atomic E-state index is 2.99. The van der Waals surface area contributed by atoms with Crippen LogP contribution < -0.4 is 0 Å². The molecule has 0 radical (unpaired) electrons. The van der Waals surface area contributed by atoms with E-state index in [1.807, 2.05) is 12.2 Å². The predicted molar refractivity (Wildman–Crippen MR) is 28.0 cm³/mol. The fourth-order valence-corrected chi connectivity index (χ4v) is 0.340. The molecule has 7 heavy (non-hydrogen) atoms. The van der Waals surface area contributed by atoms with Crippen LogP contribution in [0.3, 0.4) is 0 Å². The van der Waals surface area contributed by atoms with E-state index >= 15 is 0 Å². The monoisotopic (exact) mass is 182 g/mol. The number of allylic oxidation sites excluding steroid dienone is 4. The molecule has 0 bridgehead atoms. The Morgan fingerprint density at radius 1 is 1.43 bits per heavy atom. The second-order valence-corrected chi connectivity index (χ2v) is 1.00. The summed E-state index contributed by atoms with van der Waals surface area (Å²) in [5, 5.41) is 0. The van der Waals surface area contributed by atoms with Crippen molar-refractivity contribution in [2.75, 3.05) is 0 Å². The molecular formula is C6H8Ru. The first-order valence-corrected chi connectivity index (χ1v) is 1.72. The van der Waals surface area contributed by atoms with Gasteiger partial charge in [-0.2, -0.15) is 6.08 Å². The van der Waals surface area contributed by atoms with Crippen LogP contribution in [-0.2, 0) is 19.5 Å². The molecule has 0 nitrogen and oxygen atoms in total. The quantitative estimate of drug-likeness (QED) is 0.394. The third-order valence-corrected chi connectivity index (χ3v) is 0.586. The van der Waals surface area contributed by atoms with Crippen molar-refractivity contribution >= 4 is 0 Å². The molecule has 0 aliphatic heterocycles. The molecule has 0 aromatic carbocycles. The van der Waals surface area contributed by atoms with E-state index in [2.05, 4.69) is 12.2 Å². The Kier molecular flexibility index (Phi) is 8.86. The zero-order valence-electron chi connectivity index (χ0n) is 4.29. The molecule has 0 N–H and O–H groups in total. The molecule has 0 saturated carbocycles. The molecule has 0 unspecified atom stereocenters. The van der Waals surface area contributed by atoms with E-state index < -0.39 is 0 Å². The zero-order chi connectivity index (χ0) is 3.54. The Balaban J connectivity index is 0. The molecule has 0 heterocycles. The summed E-state index contributed by atoms with van der Waals surface area (Å²) in [6.45, 7) is 0. The van der Waals surface area contributed by atoms with Crippen LogP contribution in [0.15, 0.2) is 18.2 Å². The molecule has 0 fully saturated rings. The van der Waals surface area contributed by atoms with Crippen molar-refractivity contribution in [2.24, 2.45) is 0 Å². The maximum Gasteiger partial charge on any atom is 2.00 e. The first-order valence-electron chi connectivity index (χ1n) is 1.72. The van der Waals surface area contributed by atoms with Crippen molar-refractivity contribution in [2.45, 2.75) is 6.42 Å². The molecule has 1 aliphatic rings. The van der Waals surface area contributed by atoms with Crippen molar-refractivity contribution in [1.82, 2.24) is 0 Å². The van der Waals surface area contributed by atoms with E-state index in [-0.39, 0.29) is 26.9 Å². The Morgan fingerprint density at radius 3 is 2.29 bits per heavy atom. The van der Waals surface area contributed by atoms with Gasteiger partial charge in [0.05, 0.1) is 0 Å². The normalized spacial score (nSPS) is 12.6. The first kappa shape index (κ1) is 10.2. The average Bonchev–Trinajstić information content (AvgIpc) is 1.76. The van der Waals surface area contributed by atoms with Gasteiger partial charge in [0.1, 0.15) is 0 Å². The molecule has 0 saturated heterocycles. The van der Waals surface area contributed by atoms with Crippen LogP contribution in [-0.4, -0.2) is 0 Å². The van der Waals surface area contributed by atoms with Crippen LogP contribution in [0.5, 0.6) is 0 Å². The van der Waals surface area contributed by atoms with E-state index in [4.69, 9.17) is 0 Å². The van der Waals surface area contributed by atoms with E-state index in [9.17, 15) is 0 Å². The molecular weight excluding hydrogens is 173 g/mol. The zero-order valence-corrected chi connectivity index (χ0v) is 6.03. The van der Waals surface area contributed by atoms with E-state index in [0.29, 0.717) is 0 Å². The van der Waals surface area contributed by atoms with Gasteiger partial charge < -0.3 is 7.43 Å². The Morgan fingerprint density at radius 2 is 2.14 bits per heavy atom. The van der Waals surface area contributed by atoms with Crippen molar-refractivity contribution in [3.63, 3.8) is 0 Å². The van der Waals surface area contributed by atoms with Gasteiger partial charge in [0.15, 0.2) is 0 Å². The van der Waals surface area contributed by atoms with E-state index in [1.165, 1.54) is 0 Å². The first-order chi connectivity index (χ1) is 2.50. The van der Waals surface area contributed by atoms with Gasteiger partial charge in [0.2, 0.25) is 0 Å². The van der Waals surface area contributed by atoms with Crippen LogP contribution >= 0.6 is 0 Å². The SMILES string of the molecule is [C-]1=CC=CC1.[CH3-].[Ru+2]. The number of hydrogen-bond donors (Lipinski definition) is 0. The molecule has 1 heteroatoms. The largest absolute Gasteiger partial charge is 2.00 e. The summed E-state index contributed by atoms with van der Waals surface area (Å²) >= 11 is 0. The topological polar surface area (TPSA) is 0 Å². The van der Waals surface area contributed by atoms with Gasteiger partial charge in [-0.3, -0.25) is 6.08 Å². The van der Waals surface area contributed by atoms with Crippen molar-refractivity contribution in [1.29, 1.82) is 0 Å². The second kappa shape index (κ2) is 6.10. The molecule has 1 rings (SSSR count). The molecule has 0 aromatic rings. The Bertz CT molecular complexity index is 62.2. The van der Waals surface area contributed by atoms with Crippen LogP contribution in [0, 0.1) is 13.5 Å². The van der Waals surface area contributed by atoms with Gasteiger partial charge in [0, 0.05) is 0 Å². The van der Waals surface area contributed by atoms with Crippen molar-refractivity contribution in [3.8, 4) is 0 Å². The van der Waals surface area contributed by atoms with Gasteiger partial charge in [-0.1, -0.05) is 0 Å². The summed E-state index contributed by atoms with van der Waals surface area (Å²) in [6.07, 6.45) is 10.0. The molecule has 40 valence electrons. The molecule has 0 aromatic heterocycles. The van der Waals surface area contributed by atoms with Gasteiger partial charge in [-0.25, -0.2) is 12.2 Å². The summed E-state index contributed by atoms with van der Waals surface area (Å²) < 4.78 is 0. The van der Waals surface area contributed by atoms with Crippen molar-refractivity contribution < 1.29 is 19.5 Å². The third kappa shape index (κ3) is 3.95. The van der Waals surface area contributed by atoms with Gasteiger partial charge in [0.25, 0.3) is 0 Å². The molecule has 0 amide bonds. The van der Waals surface area contributed by atoms with Crippen LogP contribution in [0.4, 0.5) is 0 Å². The average molecular weight is 181 g/mol. The summed E-state index contributed by atoms with van der Waals surface area (Å²) in [5.74, 6) is 0. The predicted octanol–water partition coefficient (Wildman–Crippen LogP) is 1.75. The van der Waals surface area contributed by atoms with E-state index in [0.717, 1.165) is 6.42 Å². The third-order valence-electron chi connectivity index (χ3n) is 0.586. The second-order valence-electron chi connectivity index (χ2n) is 1.00. The summed E-state index contributed by atoms with van der Waals surface area (Å²) in [7, 11) is 0. The van der Waals surface area contributed by atoms with Gasteiger partial charge >= 0.3 is 19.5 Å². The summed E-state index contributed by atoms with van der Waals surface area (Å²) in [6, 6.07) is 0. The fraction of sp³-hybridized carbons (Fsp3) is 0.167. The van der Waals surface area contributed by atoms with Gasteiger partial charge in [-0.15, -0.1) is 6.42 Å². The van der Waals surface area contributed by atoms with Gasteiger partial charge in [-0.05, 0) is 0 Å². The maximum absolute atomic E-state index is 2.99. The molecule has 0 atom stereocenters. The summed E-state index contributed by atoms with van der Waals surface area (Å²) in [5.41, 5.74) is 0. The minimum absolute atomic E-state index is 0. The van der Waals surface area contributed by atoms with E-state index in [1.54, 1.807) is 0 Å². The minimum atomic E-state index is 0. The van der Waals surface area contributed by atoms with Crippen molar-refractivity contribution in [3.05, 3.63) is 31.7 Å². The Labute approximate surface area is 58.1 Å².